The molecule has 128 valence electrons. The molecule has 25 heavy (non-hydrogen) atoms. The molecule has 0 saturated carbocycles. The Hall–Kier alpha value is -3.00. The lowest BCUT2D eigenvalue weighted by Gasteiger charge is -2.14. The van der Waals surface area contributed by atoms with Gasteiger partial charge in [0, 0.05) is 23.2 Å². The summed E-state index contributed by atoms with van der Waals surface area (Å²) in [5, 5.41) is 9.25. The first-order valence-corrected chi connectivity index (χ1v) is 8.41. The number of hydrogen-bond donors (Lipinski definition) is 1. The van der Waals surface area contributed by atoms with Gasteiger partial charge in [0.05, 0.1) is 12.8 Å². The predicted molar refractivity (Wildman–Crippen MR) is 95.9 cm³/mol. The molecule has 1 atom stereocenters. The van der Waals surface area contributed by atoms with Crippen LogP contribution in [0, 0.1) is 0 Å². The van der Waals surface area contributed by atoms with Gasteiger partial charge >= 0.3 is 0 Å². The topological polar surface area (TPSA) is 86.1 Å². The quantitative estimate of drug-likeness (QED) is 0.759. The molecular formula is C17H16N4O3S. The number of methoxy groups -OCH3 is 1. The Morgan fingerprint density at radius 1 is 1.24 bits per heavy atom. The van der Waals surface area contributed by atoms with Crippen LogP contribution in [0.1, 0.15) is 13.0 Å². The highest BCUT2D eigenvalue weighted by molar-refractivity contribution is 7.13. The molecule has 0 aliphatic heterocycles. The Labute approximate surface area is 147 Å². The van der Waals surface area contributed by atoms with E-state index >= 15 is 0 Å². The SMILES string of the molecule is COc1ccc(-c2ccc(=O)n(C(C)C(=O)Nc3nccs3)n2)cc1. The van der Waals surface area contributed by atoms with Gasteiger partial charge in [-0.2, -0.15) is 5.10 Å². The molecule has 1 unspecified atom stereocenters. The zero-order valence-electron chi connectivity index (χ0n) is 13.7. The molecule has 0 aliphatic rings. The molecule has 1 aromatic carbocycles. The third-order valence-corrected chi connectivity index (χ3v) is 4.31. The Morgan fingerprint density at radius 3 is 2.64 bits per heavy atom. The molecule has 2 heterocycles. The van der Waals surface area contributed by atoms with Gasteiger partial charge in [0.2, 0.25) is 0 Å². The van der Waals surface area contributed by atoms with E-state index in [1.54, 1.807) is 31.7 Å². The summed E-state index contributed by atoms with van der Waals surface area (Å²) in [7, 11) is 1.59. The number of amides is 1. The molecule has 0 radical (unpaired) electrons. The van der Waals surface area contributed by atoms with Gasteiger partial charge in [0.15, 0.2) is 5.13 Å². The fourth-order valence-electron chi connectivity index (χ4n) is 2.22. The van der Waals surface area contributed by atoms with Crippen molar-refractivity contribution in [3.8, 4) is 17.0 Å². The first-order chi connectivity index (χ1) is 12.1. The van der Waals surface area contributed by atoms with Gasteiger partial charge in [-0.25, -0.2) is 9.67 Å². The summed E-state index contributed by atoms with van der Waals surface area (Å²) in [6.45, 7) is 1.62. The van der Waals surface area contributed by atoms with Crippen LogP contribution in [0.25, 0.3) is 11.3 Å². The fourth-order valence-corrected chi connectivity index (χ4v) is 2.76. The van der Waals surface area contributed by atoms with Crippen molar-refractivity contribution < 1.29 is 9.53 Å². The summed E-state index contributed by atoms with van der Waals surface area (Å²) in [5.74, 6) is 0.379. The van der Waals surface area contributed by atoms with Crippen LogP contribution in [-0.4, -0.2) is 27.8 Å². The number of aromatic nitrogens is 3. The van der Waals surface area contributed by atoms with E-state index in [0.717, 1.165) is 11.3 Å². The number of rotatable bonds is 5. The minimum Gasteiger partial charge on any atom is -0.497 e. The number of thiazole rings is 1. The standard InChI is InChI=1S/C17H16N4O3S/c1-11(16(23)19-17-18-9-10-25-17)21-15(22)8-7-14(20-21)12-3-5-13(24-2)6-4-12/h3-11H,1-2H3,(H,18,19,23). The number of carbonyl (C=O) groups excluding carboxylic acids is 1. The summed E-state index contributed by atoms with van der Waals surface area (Å²) >= 11 is 1.31. The van der Waals surface area contributed by atoms with Crippen molar-refractivity contribution in [2.45, 2.75) is 13.0 Å². The van der Waals surface area contributed by atoms with E-state index in [1.807, 2.05) is 24.3 Å². The van der Waals surface area contributed by atoms with Gasteiger partial charge in [0.25, 0.3) is 11.5 Å². The second-order valence-electron chi connectivity index (χ2n) is 5.23. The van der Waals surface area contributed by atoms with Crippen LogP contribution in [-0.2, 0) is 4.79 Å². The number of nitrogens with one attached hydrogen (secondary N) is 1. The molecule has 1 amide bonds. The lowest BCUT2D eigenvalue weighted by molar-refractivity contribution is -0.119. The van der Waals surface area contributed by atoms with Gasteiger partial charge in [-0.05, 0) is 37.3 Å². The van der Waals surface area contributed by atoms with Crippen LogP contribution in [0.15, 0.2) is 52.8 Å². The maximum Gasteiger partial charge on any atom is 0.267 e. The molecule has 2 aromatic heterocycles. The van der Waals surface area contributed by atoms with Crippen LogP contribution in [0.2, 0.25) is 0 Å². The summed E-state index contributed by atoms with van der Waals surface area (Å²) in [6.07, 6.45) is 1.60. The predicted octanol–water partition coefficient (Wildman–Crippen LogP) is 2.58. The van der Waals surface area contributed by atoms with Crippen molar-refractivity contribution in [3.05, 3.63) is 58.3 Å². The van der Waals surface area contributed by atoms with Crippen LogP contribution >= 0.6 is 11.3 Å². The summed E-state index contributed by atoms with van der Waals surface area (Å²) in [4.78, 5) is 28.5. The average Bonchev–Trinajstić information content (AvgIpc) is 3.14. The second kappa shape index (κ2) is 7.27. The smallest absolute Gasteiger partial charge is 0.267 e. The summed E-state index contributed by atoms with van der Waals surface area (Å²) < 4.78 is 6.30. The summed E-state index contributed by atoms with van der Waals surface area (Å²) in [6, 6.07) is 9.57. The third kappa shape index (κ3) is 3.74. The minimum atomic E-state index is -0.769. The van der Waals surface area contributed by atoms with Crippen molar-refractivity contribution in [1.82, 2.24) is 14.8 Å². The van der Waals surface area contributed by atoms with E-state index in [-0.39, 0.29) is 11.5 Å². The van der Waals surface area contributed by atoms with Gasteiger partial charge in [-0.1, -0.05) is 0 Å². The minimum absolute atomic E-state index is 0.348. The van der Waals surface area contributed by atoms with E-state index in [0.29, 0.717) is 10.8 Å². The Morgan fingerprint density at radius 2 is 2.00 bits per heavy atom. The van der Waals surface area contributed by atoms with E-state index in [4.69, 9.17) is 4.74 Å². The largest absolute Gasteiger partial charge is 0.497 e. The first kappa shape index (κ1) is 16.8. The van der Waals surface area contributed by atoms with Crippen LogP contribution < -0.4 is 15.6 Å². The van der Waals surface area contributed by atoms with Crippen molar-refractivity contribution in [3.63, 3.8) is 0 Å². The number of ether oxygens (including phenoxy) is 1. The number of hydrogen-bond acceptors (Lipinski definition) is 6. The fraction of sp³-hybridized carbons (Fsp3) is 0.176. The molecule has 3 rings (SSSR count). The molecule has 3 aromatic rings. The molecular weight excluding hydrogens is 340 g/mol. The van der Waals surface area contributed by atoms with E-state index < -0.39 is 6.04 Å². The first-order valence-electron chi connectivity index (χ1n) is 7.53. The van der Waals surface area contributed by atoms with Crippen molar-refractivity contribution in [2.24, 2.45) is 0 Å². The van der Waals surface area contributed by atoms with Gasteiger partial charge in [0.1, 0.15) is 11.8 Å². The number of benzene rings is 1. The second-order valence-corrected chi connectivity index (χ2v) is 6.13. The summed E-state index contributed by atoms with van der Waals surface area (Å²) in [5.41, 5.74) is 1.07. The van der Waals surface area contributed by atoms with Crippen LogP contribution in [0.3, 0.4) is 0 Å². The molecule has 8 heteroatoms. The molecule has 0 aliphatic carbocycles. The normalized spacial score (nSPS) is 11.8. The molecule has 7 nitrogen and oxygen atoms in total. The highest BCUT2D eigenvalue weighted by Gasteiger charge is 2.19. The van der Waals surface area contributed by atoms with Gasteiger partial charge < -0.3 is 10.1 Å². The van der Waals surface area contributed by atoms with Gasteiger partial charge in [-0.15, -0.1) is 11.3 Å². The van der Waals surface area contributed by atoms with Gasteiger partial charge in [-0.3, -0.25) is 9.59 Å². The average molecular weight is 356 g/mol. The van der Waals surface area contributed by atoms with Crippen molar-refractivity contribution >= 4 is 22.4 Å². The van der Waals surface area contributed by atoms with E-state index in [9.17, 15) is 9.59 Å². The highest BCUT2D eigenvalue weighted by Crippen LogP contribution is 2.20. The maximum atomic E-state index is 12.3. The van der Waals surface area contributed by atoms with Crippen molar-refractivity contribution in [1.29, 1.82) is 0 Å². The zero-order valence-corrected chi connectivity index (χ0v) is 14.5. The molecule has 0 bridgehead atoms. The Kier molecular flexibility index (Phi) is 4.90. The lowest BCUT2D eigenvalue weighted by atomic mass is 10.1. The number of anilines is 1. The molecule has 1 N–H and O–H groups in total. The Balaban J connectivity index is 1.87. The van der Waals surface area contributed by atoms with Crippen LogP contribution in [0.5, 0.6) is 5.75 Å². The maximum absolute atomic E-state index is 12.3. The molecule has 0 fully saturated rings. The third-order valence-electron chi connectivity index (χ3n) is 3.62. The Bertz CT molecular complexity index is 920. The van der Waals surface area contributed by atoms with Crippen LogP contribution in [0.4, 0.5) is 5.13 Å². The highest BCUT2D eigenvalue weighted by atomic mass is 32.1. The molecule has 0 saturated heterocycles. The van der Waals surface area contributed by atoms with E-state index in [1.165, 1.54) is 22.1 Å². The lowest BCUT2D eigenvalue weighted by Crippen LogP contribution is -2.33. The van der Waals surface area contributed by atoms with Crippen molar-refractivity contribution in [2.75, 3.05) is 12.4 Å². The number of nitrogens with zero attached hydrogens (tertiary/aromatic N) is 3. The molecule has 0 spiro atoms. The van der Waals surface area contributed by atoms with E-state index in [2.05, 4.69) is 15.4 Å². The number of carbonyl (C=O) groups is 1. The monoisotopic (exact) mass is 356 g/mol. The zero-order chi connectivity index (χ0) is 17.8.